The van der Waals surface area contributed by atoms with Gasteiger partial charge in [0.2, 0.25) is 10.0 Å². The van der Waals surface area contributed by atoms with E-state index in [1.54, 1.807) is 0 Å². The van der Waals surface area contributed by atoms with E-state index in [0.29, 0.717) is 5.69 Å². The van der Waals surface area contributed by atoms with Crippen LogP contribution in [0.1, 0.15) is 19.3 Å². The highest BCUT2D eigenvalue weighted by atomic mass is 32.2. The predicted octanol–water partition coefficient (Wildman–Crippen LogP) is 1.23. The normalized spacial score (nSPS) is 16.4. The first-order valence-electron chi connectivity index (χ1n) is 5.96. The van der Waals surface area contributed by atoms with Crippen molar-refractivity contribution in [2.24, 2.45) is 5.14 Å². The molecular formula is C11H15N3O4S. The third-order valence-electron chi connectivity index (χ3n) is 3.17. The van der Waals surface area contributed by atoms with Gasteiger partial charge in [-0.15, -0.1) is 0 Å². The average Bonchev–Trinajstić information content (AvgIpc) is 2.38. The van der Waals surface area contributed by atoms with E-state index in [-0.39, 0.29) is 10.6 Å². The van der Waals surface area contributed by atoms with Gasteiger partial charge in [-0.05, 0) is 31.4 Å². The molecule has 1 aromatic carbocycles. The van der Waals surface area contributed by atoms with E-state index in [1.807, 2.05) is 4.90 Å². The molecule has 1 aromatic rings. The third-order valence-corrected chi connectivity index (χ3v) is 4.08. The molecule has 1 heterocycles. The van der Waals surface area contributed by atoms with Crippen LogP contribution in [0.3, 0.4) is 0 Å². The SMILES string of the molecule is NS(=O)(=O)c1ccc(N2CCCCC2)c([N+](=O)[O-])c1. The van der Waals surface area contributed by atoms with Crippen molar-refractivity contribution in [1.29, 1.82) is 0 Å². The number of hydrogen-bond acceptors (Lipinski definition) is 5. The van der Waals surface area contributed by atoms with Gasteiger partial charge in [-0.2, -0.15) is 0 Å². The number of rotatable bonds is 3. The maximum Gasteiger partial charge on any atom is 0.293 e. The van der Waals surface area contributed by atoms with E-state index in [9.17, 15) is 18.5 Å². The topological polar surface area (TPSA) is 107 Å². The van der Waals surface area contributed by atoms with Crippen molar-refractivity contribution in [1.82, 2.24) is 0 Å². The summed E-state index contributed by atoms with van der Waals surface area (Å²) in [4.78, 5) is 12.2. The van der Waals surface area contributed by atoms with Gasteiger partial charge >= 0.3 is 0 Å². The lowest BCUT2D eigenvalue weighted by Crippen LogP contribution is -2.30. The molecule has 0 atom stereocenters. The molecule has 1 saturated heterocycles. The molecule has 104 valence electrons. The Balaban J connectivity index is 2.46. The van der Waals surface area contributed by atoms with Gasteiger partial charge in [-0.1, -0.05) is 0 Å². The summed E-state index contributed by atoms with van der Waals surface area (Å²) < 4.78 is 22.5. The molecule has 0 spiro atoms. The fraction of sp³-hybridized carbons (Fsp3) is 0.455. The Bertz CT molecular complexity index is 594. The Morgan fingerprint density at radius 2 is 1.84 bits per heavy atom. The summed E-state index contributed by atoms with van der Waals surface area (Å²) >= 11 is 0. The van der Waals surface area contributed by atoms with E-state index in [2.05, 4.69) is 0 Å². The highest BCUT2D eigenvalue weighted by Crippen LogP contribution is 2.32. The molecule has 1 aliphatic rings. The highest BCUT2D eigenvalue weighted by molar-refractivity contribution is 7.89. The number of hydrogen-bond donors (Lipinski definition) is 1. The molecule has 0 saturated carbocycles. The van der Waals surface area contributed by atoms with Crippen LogP contribution in [0.4, 0.5) is 11.4 Å². The number of nitrogens with zero attached hydrogens (tertiary/aromatic N) is 2. The zero-order valence-electron chi connectivity index (χ0n) is 10.3. The minimum atomic E-state index is -3.93. The molecule has 0 aromatic heterocycles. The van der Waals surface area contributed by atoms with Gasteiger partial charge in [-0.25, -0.2) is 13.6 Å². The van der Waals surface area contributed by atoms with Crippen LogP contribution in [0.25, 0.3) is 0 Å². The molecule has 19 heavy (non-hydrogen) atoms. The first-order chi connectivity index (χ1) is 8.89. The summed E-state index contributed by atoms with van der Waals surface area (Å²) in [5.41, 5.74) is 0.241. The van der Waals surface area contributed by atoms with Crippen LogP contribution in [0.2, 0.25) is 0 Å². The summed E-state index contributed by atoms with van der Waals surface area (Å²) in [7, 11) is -3.93. The molecule has 0 unspecified atom stereocenters. The fourth-order valence-corrected chi connectivity index (χ4v) is 2.76. The van der Waals surface area contributed by atoms with E-state index in [1.165, 1.54) is 12.1 Å². The van der Waals surface area contributed by atoms with Crippen LogP contribution in [-0.4, -0.2) is 26.4 Å². The molecule has 2 N–H and O–H groups in total. The first kappa shape index (κ1) is 13.8. The summed E-state index contributed by atoms with van der Waals surface area (Å²) in [6, 6.07) is 3.80. The van der Waals surface area contributed by atoms with Gasteiger partial charge in [0.05, 0.1) is 9.82 Å². The van der Waals surface area contributed by atoms with Crippen molar-refractivity contribution in [3.63, 3.8) is 0 Å². The zero-order chi connectivity index (χ0) is 14.0. The smallest absolute Gasteiger partial charge is 0.293 e. The van der Waals surface area contributed by atoms with Gasteiger partial charge in [0.1, 0.15) is 5.69 Å². The summed E-state index contributed by atoms with van der Waals surface area (Å²) in [5.74, 6) is 0. The van der Waals surface area contributed by atoms with Gasteiger partial charge in [0.25, 0.3) is 5.69 Å². The van der Waals surface area contributed by atoms with Crippen molar-refractivity contribution >= 4 is 21.4 Å². The second-order valence-electron chi connectivity index (χ2n) is 4.50. The average molecular weight is 285 g/mol. The van der Waals surface area contributed by atoms with E-state index < -0.39 is 14.9 Å². The Morgan fingerprint density at radius 3 is 2.37 bits per heavy atom. The largest absolute Gasteiger partial charge is 0.366 e. The zero-order valence-corrected chi connectivity index (χ0v) is 11.1. The molecule has 1 aliphatic heterocycles. The quantitative estimate of drug-likeness (QED) is 0.664. The Labute approximate surface area is 111 Å². The number of piperidine rings is 1. The number of sulfonamides is 1. The fourth-order valence-electron chi connectivity index (χ4n) is 2.23. The minimum absolute atomic E-state index is 0.214. The first-order valence-corrected chi connectivity index (χ1v) is 7.50. The highest BCUT2D eigenvalue weighted by Gasteiger charge is 2.23. The van der Waals surface area contributed by atoms with Gasteiger partial charge in [0.15, 0.2) is 0 Å². The van der Waals surface area contributed by atoms with Gasteiger partial charge in [0, 0.05) is 19.2 Å². The number of anilines is 1. The molecule has 8 heteroatoms. The maximum absolute atomic E-state index is 11.2. The lowest BCUT2D eigenvalue weighted by atomic mass is 10.1. The molecule has 0 aliphatic carbocycles. The van der Waals surface area contributed by atoms with E-state index in [4.69, 9.17) is 5.14 Å². The van der Waals surface area contributed by atoms with Crippen molar-refractivity contribution in [3.8, 4) is 0 Å². The molecule has 0 radical (unpaired) electrons. The number of benzene rings is 1. The number of nitrogens with two attached hydrogens (primary N) is 1. The summed E-state index contributed by atoms with van der Waals surface area (Å²) in [6.45, 7) is 1.49. The molecule has 2 rings (SSSR count). The van der Waals surface area contributed by atoms with Crippen LogP contribution in [0, 0.1) is 10.1 Å². The van der Waals surface area contributed by atoms with Crippen LogP contribution < -0.4 is 10.0 Å². The van der Waals surface area contributed by atoms with Crippen LogP contribution in [0.5, 0.6) is 0 Å². The van der Waals surface area contributed by atoms with E-state index >= 15 is 0 Å². The summed E-state index contributed by atoms with van der Waals surface area (Å²) in [6.07, 6.45) is 3.07. The second-order valence-corrected chi connectivity index (χ2v) is 6.06. The Morgan fingerprint density at radius 1 is 1.21 bits per heavy atom. The number of nitro benzene ring substituents is 1. The monoisotopic (exact) mass is 285 g/mol. The van der Waals surface area contributed by atoms with Crippen molar-refractivity contribution < 1.29 is 13.3 Å². The van der Waals surface area contributed by atoms with Crippen molar-refractivity contribution in [3.05, 3.63) is 28.3 Å². The number of nitro groups is 1. The predicted molar refractivity (Wildman–Crippen MR) is 70.5 cm³/mol. The van der Waals surface area contributed by atoms with Gasteiger partial charge in [-0.3, -0.25) is 10.1 Å². The maximum atomic E-state index is 11.2. The Hall–Kier alpha value is -1.67. The standard InChI is InChI=1S/C11H15N3O4S/c12-19(17,18)9-4-5-10(11(8-9)14(15)16)13-6-2-1-3-7-13/h4-5,8H,1-3,6-7H2,(H2,12,17,18). The number of primary sulfonamides is 1. The second kappa shape index (κ2) is 5.14. The third kappa shape index (κ3) is 3.02. The molecule has 7 nitrogen and oxygen atoms in total. The minimum Gasteiger partial charge on any atom is -0.366 e. The molecular weight excluding hydrogens is 270 g/mol. The Kier molecular flexibility index (Phi) is 3.72. The van der Waals surface area contributed by atoms with Crippen LogP contribution >= 0.6 is 0 Å². The van der Waals surface area contributed by atoms with Crippen molar-refractivity contribution in [2.45, 2.75) is 24.2 Å². The van der Waals surface area contributed by atoms with E-state index in [0.717, 1.165) is 38.4 Å². The van der Waals surface area contributed by atoms with Crippen LogP contribution in [0.15, 0.2) is 23.1 Å². The molecule has 0 bridgehead atoms. The molecule has 1 fully saturated rings. The lowest BCUT2D eigenvalue weighted by Gasteiger charge is -2.28. The summed E-state index contributed by atoms with van der Waals surface area (Å²) in [5, 5.41) is 16.1. The van der Waals surface area contributed by atoms with Crippen molar-refractivity contribution in [2.75, 3.05) is 18.0 Å². The molecule has 0 amide bonds. The van der Waals surface area contributed by atoms with Crippen LogP contribution in [-0.2, 0) is 10.0 Å². The van der Waals surface area contributed by atoms with Gasteiger partial charge < -0.3 is 4.90 Å². The lowest BCUT2D eigenvalue weighted by molar-refractivity contribution is -0.384.